The number of rotatable bonds is 1. The molecule has 5 heteroatoms. The van der Waals surface area contributed by atoms with Crippen LogP contribution in [0, 0.1) is 10.1 Å². The molecule has 0 amide bonds. The number of carbonyl (C=O) groups excluding carboxylic acids is 1. The Morgan fingerprint density at radius 3 is 2.94 bits per heavy atom. The van der Waals surface area contributed by atoms with Crippen molar-refractivity contribution in [1.29, 1.82) is 0 Å². The molecule has 2 aliphatic carbocycles. The van der Waals surface area contributed by atoms with Crippen LogP contribution in [-0.2, 0) is 4.79 Å². The summed E-state index contributed by atoms with van der Waals surface area (Å²) in [4.78, 5) is 22.1. The summed E-state index contributed by atoms with van der Waals surface area (Å²) in [6.07, 6.45) is 6.16. The van der Waals surface area contributed by atoms with E-state index in [-0.39, 0.29) is 22.0 Å². The molecule has 0 saturated carbocycles. The number of carbonyl (C=O) groups is 1. The van der Waals surface area contributed by atoms with Gasteiger partial charge in [-0.05, 0) is 18.4 Å². The van der Waals surface area contributed by atoms with E-state index in [0.717, 1.165) is 18.4 Å². The maximum Gasteiger partial charge on any atom is 0.217 e. The van der Waals surface area contributed by atoms with Gasteiger partial charge in [0.25, 0.3) is 0 Å². The Labute approximate surface area is 102 Å². The first-order valence-electron chi connectivity index (χ1n) is 5.31. The van der Waals surface area contributed by atoms with Crippen molar-refractivity contribution in [2.24, 2.45) is 0 Å². The summed E-state index contributed by atoms with van der Waals surface area (Å²) >= 11 is 3.26. The average Bonchev–Trinajstić information content (AvgIpc) is 2.46. The molecular formula is C11H12BrNO3. The fourth-order valence-corrected chi connectivity index (χ4v) is 2.65. The highest BCUT2D eigenvalue weighted by atomic mass is 79.9. The molecule has 0 spiro atoms. The van der Waals surface area contributed by atoms with E-state index in [9.17, 15) is 14.9 Å². The van der Waals surface area contributed by atoms with Gasteiger partial charge in [-0.2, -0.15) is 0 Å². The second kappa shape index (κ2) is 4.49. The molecule has 0 aromatic carbocycles. The van der Waals surface area contributed by atoms with Gasteiger partial charge in [-0.25, -0.2) is 0 Å². The molecule has 16 heavy (non-hydrogen) atoms. The highest BCUT2D eigenvalue weighted by Crippen LogP contribution is 2.32. The first kappa shape index (κ1) is 11.5. The topological polar surface area (TPSA) is 60.2 Å². The maximum absolute atomic E-state index is 11.9. The molecule has 0 saturated heterocycles. The van der Waals surface area contributed by atoms with Gasteiger partial charge < -0.3 is 0 Å². The third-order valence-electron chi connectivity index (χ3n) is 3.12. The van der Waals surface area contributed by atoms with Gasteiger partial charge in [0, 0.05) is 23.3 Å². The van der Waals surface area contributed by atoms with Crippen LogP contribution in [0.4, 0.5) is 0 Å². The van der Waals surface area contributed by atoms with E-state index in [1.807, 2.05) is 12.2 Å². The summed E-state index contributed by atoms with van der Waals surface area (Å²) in [7, 11) is 0. The van der Waals surface area contributed by atoms with Crippen LogP contribution in [-0.4, -0.2) is 21.6 Å². The van der Waals surface area contributed by atoms with Crippen LogP contribution < -0.4 is 0 Å². The number of nitro groups is 1. The quantitative estimate of drug-likeness (QED) is 0.422. The lowest BCUT2D eigenvalue weighted by Crippen LogP contribution is -2.25. The van der Waals surface area contributed by atoms with Crippen molar-refractivity contribution in [2.75, 3.05) is 0 Å². The molecule has 86 valence electrons. The van der Waals surface area contributed by atoms with E-state index in [1.54, 1.807) is 0 Å². The van der Waals surface area contributed by atoms with E-state index in [0.29, 0.717) is 12.0 Å². The lowest BCUT2D eigenvalue weighted by Gasteiger charge is -2.16. The minimum absolute atomic E-state index is 0.00810. The maximum atomic E-state index is 11.9. The minimum Gasteiger partial charge on any atom is -0.293 e. The van der Waals surface area contributed by atoms with Gasteiger partial charge in [0.2, 0.25) is 6.04 Å². The van der Waals surface area contributed by atoms with Crippen molar-refractivity contribution in [3.05, 3.63) is 33.4 Å². The van der Waals surface area contributed by atoms with E-state index >= 15 is 0 Å². The molecule has 0 heterocycles. The highest BCUT2D eigenvalue weighted by molar-refractivity contribution is 9.10. The summed E-state index contributed by atoms with van der Waals surface area (Å²) in [5, 5.41) is 10.8. The first-order valence-corrected chi connectivity index (χ1v) is 6.23. The Morgan fingerprint density at radius 1 is 1.50 bits per heavy atom. The number of ketones is 1. The van der Waals surface area contributed by atoms with Crippen molar-refractivity contribution in [3.8, 4) is 0 Å². The summed E-state index contributed by atoms with van der Waals surface area (Å²) in [5.41, 5.74) is 1.65. The number of halogens is 1. The van der Waals surface area contributed by atoms with Crippen molar-refractivity contribution in [1.82, 2.24) is 0 Å². The summed E-state index contributed by atoms with van der Waals surface area (Å²) in [5.74, 6) is -0.00810. The molecule has 0 aliphatic heterocycles. The minimum atomic E-state index is -0.595. The van der Waals surface area contributed by atoms with Crippen molar-refractivity contribution in [3.63, 3.8) is 0 Å². The van der Waals surface area contributed by atoms with Gasteiger partial charge in [-0.15, -0.1) is 0 Å². The molecule has 2 aliphatic rings. The fraction of sp³-hybridized carbons (Fsp3) is 0.545. The molecular weight excluding hydrogens is 274 g/mol. The second-order valence-electron chi connectivity index (χ2n) is 4.16. The smallest absolute Gasteiger partial charge is 0.217 e. The van der Waals surface area contributed by atoms with Crippen LogP contribution in [0.25, 0.3) is 0 Å². The average molecular weight is 286 g/mol. The number of alkyl halides is 1. The Hall–Kier alpha value is -0.970. The standard InChI is InChI=1S/C11H12BrNO3/c12-10-5-4-7-2-1-3-8(13(15)16)6-9(7)11(10)14/h4-5,8,10H,1-3,6H2. The van der Waals surface area contributed by atoms with Gasteiger partial charge in [0.05, 0.1) is 4.83 Å². The van der Waals surface area contributed by atoms with Gasteiger partial charge in [-0.3, -0.25) is 14.9 Å². The van der Waals surface area contributed by atoms with Gasteiger partial charge in [-0.1, -0.05) is 28.1 Å². The lowest BCUT2D eigenvalue weighted by molar-refractivity contribution is -0.522. The first-order chi connectivity index (χ1) is 7.59. The number of Topliss-reactive ketones (excluding diaryl/α,β-unsaturated/α-hetero) is 1. The summed E-state index contributed by atoms with van der Waals surface area (Å²) in [6, 6.07) is -0.595. The SMILES string of the molecule is O=C1C2=C(C=CC1Br)CCCC([N+](=O)[O-])C2. The number of allylic oxidation sites excluding steroid dienone is 3. The van der Waals surface area contributed by atoms with E-state index < -0.39 is 6.04 Å². The van der Waals surface area contributed by atoms with Crippen LogP contribution in [0.5, 0.6) is 0 Å². The molecule has 0 N–H and O–H groups in total. The molecule has 0 bridgehead atoms. The van der Waals surface area contributed by atoms with E-state index in [2.05, 4.69) is 15.9 Å². The van der Waals surface area contributed by atoms with Crippen LogP contribution >= 0.6 is 15.9 Å². The Balaban J connectivity index is 2.29. The zero-order valence-corrected chi connectivity index (χ0v) is 10.3. The zero-order chi connectivity index (χ0) is 11.7. The van der Waals surface area contributed by atoms with Crippen molar-refractivity contribution < 1.29 is 9.72 Å². The highest BCUT2D eigenvalue weighted by Gasteiger charge is 2.32. The number of hydrogen-bond donors (Lipinski definition) is 0. The van der Waals surface area contributed by atoms with Crippen LogP contribution in [0.15, 0.2) is 23.3 Å². The monoisotopic (exact) mass is 285 g/mol. The Bertz CT molecular complexity index is 400. The summed E-state index contributed by atoms with van der Waals surface area (Å²) < 4.78 is 0. The third kappa shape index (κ3) is 2.09. The van der Waals surface area contributed by atoms with Crippen molar-refractivity contribution in [2.45, 2.75) is 36.6 Å². The zero-order valence-electron chi connectivity index (χ0n) is 8.69. The van der Waals surface area contributed by atoms with Gasteiger partial charge in [0.15, 0.2) is 5.78 Å². The molecule has 2 rings (SSSR count). The van der Waals surface area contributed by atoms with Gasteiger partial charge >= 0.3 is 0 Å². The van der Waals surface area contributed by atoms with Crippen LogP contribution in [0.3, 0.4) is 0 Å². The molecule has 2 unspecified atom stereocenters. The second-order valence-corrected chi connectivity index (χ2v) is 5.15. The van der Waals surface area contributed by atoms with Crippen molar-refractivity contribution >= 4 is 21.7 Å². The van der Waals surface area contributed by atoms with Gasteiger partial charge in [0.1, 0.15) is 0 Å². The van der Waals surface area contributed by atoms with E-state index in [1.165, 1.54) is 0 Å². The Kier molecular flexibility index (Phi) is 3.23. The fourth-order valence-electron chi connectivity index (χ4n) is 2.22. The predicted molar refractivity (Wildman–Crippen MR) is 63.1 cm³/mol. The van der Waals surface area contributed by atoms with Crippen LogP contribution in [0.1, 0.15) is 25.7 Å². The normalized spacial score (nSPS) is 29.9. The number of hydrogen-bond acceptors (Lipinski definition) is 3. The third-order valence-corrected chi connectivity index (χ3v) is 3.84. The molecule has 0 aromatic rings. The summed E-state index contributed by atoms with van der Waals surface area (Å²) in [6.45, 7) is 0. The molecule has 4 nitrogen and oxygen atoms in total. The largest absolute Gasteiger partial charge is 0.293 e. The Morgan fingerprint density at radius 2 is 2.25 bits per heavy atom. The predicted octanol–water partition coefficient (Wildman–Crippen LogP) is 2.40. The number of nitrogens with zero attached hydrogens (tertiary/aromatic N) is 1. The lowest BCUT2D eigenvalue weighted by atomic mass is 9.92. The van der Waals surface area contributed by atoms with E-state index in [4.69, 9.17) is 0 Å². The molecule has 0 fully saturated rings. The molecule has 2 atom stereocenters. The molecule has 0 aromatic heterocycles. The van der Waals surface area contributed by atoms with Crippen LogP contribution in [0.2, 0.25) is 0 Å². The molecule has 0 radical (unpaired) electrons.